The summed E-state index contributed by atoms with van der Waals surface area (Å²) in [6, 6.07) is 13.7. The zero-order valence-corrected chi connectivity index (χ0v) is 89.4. The molecule has 13 aliphatic rings. The molecule has 3 aromatic carbocycles. The molecule has 2 unspecified atom stereocenters. The van der Waals surface area contributed by atoms with Gasteiger partial charge in [-0.25, -0.2) is 48.8 Å². The molecule has 9 heterocycles. The third-order valence-electron chi connectivity index (χ3n) is 35.4. The van der Waals surface area contributed by atoms with Crippen LogP contribution in [0.25, 0.3) is 33.1 Å². The Kier molecular flexibility index (Phi) is 37.2. The van der Waals surface area contributed by atoms with Gasteiger partial charge in [0, 0.05) is 80.3 Å². The number of halogens is 2. The predicted octanol–water partition coefficient (Wildman–Crippen LogP) is 19.6. The van der Waals surface area contributed by atoms with Gasteiger partial charge in [-0.2, -0.15) is 8.78 Å². The summed E-state index contributed by atoms with van der Waals surface area (Å²) in [7, 11) is 4.76. The Hall–Kier alpha value is -8.08. The number of aryl methyl sites for hydroxylation is 2. The number of ether oxygens (including phenoxy) is 9. The summed E-state index contributed by atoms with van der Waals surface area (Å²) in [5.41, 5.74) is 2.92. The van der Waals surface area contributed by atoms with Crippen molar-refractivity contribution in [3.05, 3.63) is 71.7 Å². The minimum Gasteiger partial charge on any atom is -0.540 e. The second-order valence-electron chi connectivity index (χ2n) is 44.3. The standard InChI is InChI=1S/C38H50N3O6.C38H52N3O6.C35H44F2N3O6.3V/c1-4-25-32(22-42)41-21-34(25)47-36-30(39-29-14-13-24(45-3)19-31(29)40-36)12-8-5-7-11-26-27-17-23(27)18-33(26)46-35(43)20-28(37(41)44)38(2)15-9-6-10-16-38;1-5-27-32(24-42)41-23-33(27)46-35-30(39-29-17-16-26(45-4)21-31(29)40-35)15-9-6-8-13-25-14-12-20-38(25,3)47-34(43)22-28(36(41)44)37(2)18-10-7-11-19-37;1-4-23-27(20-41)40-19-29(23)46-32-31(38-25-12-11-22(44-3)17-26(25)39-32)35(36,37)15-9-6-10-21-16-28(21)45-30(42)18-24(33(40)43)34(2)13-7-5-8-14-34;;;/h13-14,19,23,25-28,32-34H,4-12,15-18,20-21H2,1-3H3;16-17,21,25,27-28,32-33H,5-15,18-20,22-23H2,1-4H3;11-12,17,21,23-24,27-29H,4-10,13-16,18-19H2,1-3H3;;;/q3*-1;;;/t23?,25-,26+,27?,28+,32+,33+,34-;25-,27+,28-,32-,33+,38-;21-,23+,24-,27-,28-,29+;;;/m011.../s1. The fraction of sp³-hybridized carbons (Fsp3) is 0.703. The SMILES string of the molecule is CC[C@@H]1[C@@H]2CN(C(=O)[C@H](C3(C)CCCCC3)CC(=O)O[C@@H]3CC4CC4[C@H]3CCCCCc3nc4ccc(OC)cc4nc3O2)[C@@H]1[C-]=O.CC[C@@H]1[C@@H]2CN(C(=O)[C@H](C3(C)CCCCC3)CC(=O)O[C@@H]3C[C@H]3CCCCC(F)(F)c3nc4ccc(OC)cc4nc3O2)[C@@H]1[C-]=O.CC[C@@H]1[C@@H]2CN(C(=O)[C@H](C3(C)CCCCC3)CC(=O)O[C@]3(C)CCC[C@H]3CCCCCc3nc4ccc(OC)cc4nc3O2)[C@@H]1[C-]=O.[V].[V].[V]. The van der Waals surface area contributed by atoms with Crippen LogP contribution >= 0.6 is 0 Å². The van der Waals surface area contributed by atoms with Gasteiger partial charge in [0.2, 0.25) is 35.4 Å². The van der Waals surface area contributed by atoms with Gasteiger partial charge in [-0.3, -0.25) is 28.8 Å². The van der Waals surface area contributed by atoms with E-state index in [4.69, 9.17) is 62.6 Å². The Morgan fingerprint density at radius 1 is 0.378 bits per heavy atom. The van der Waals surface area contributed by atoms with Crippen LogP contribution in [0.1, 0.15) is 316 Å². The average molecular weight is 2090 g/mol. The summed E-state index contributed by atoms with van der Waals surface area (Å²) < 4.78 is 86.4. The molecule has 6 aromatic rings. The molecule has 6 aliphatic heterocycles. The minimum absolute atomic E-state index is 0. The number of hydrogen-bond donors (Lipinski definition) is 0. The first-order chi connectivity index (χ1) is 67.5. The maximum absolute atomic E-state index is 16.0. The van der Waals surface area contributed by atoms with Crippen LogP contribution < -0.4 is 28.4 Å². The Morgan fingerprint density at radius 2 is 0.748 bits per heavy atom. The van der Waals surface area contributed by atoms with Gasteiger partial charge in [-0.05, 0) is 235 Å². The van der Waals surface area contributed by atoms with Crippen LogP contribution in [0.3, 0.4) is 0 Å². The molecule has 19 rings (SSSR count). The normalized spacial score (nSPS) is 31.9. The zero-order chi connectivity index (χ0) is 98.5. The molecule has 3 aromatic heterocycles. The quantitative estimate of drug-likeness (QED) is 0.0624. The molecule has 775 valence electrons. The van der Waals surface area contributed by atoms with E-state index in [-0.39, 0.29) is 183 Å². The summed E-state index contributed by atoms with van der Waals surface area (Å²) in [5.74, 6) is -3.15. The van der Waals surface area contributed by atoms with Crippen LogP contribution in [-0.4, -0.2) is 194 Å². The Balaban J connectivity index is 0.000000168. The van der Waals surface area contributed by atoms with Crippen molar-refractivity contribution in [2.24, 2.45) is 81.3 Å². The van der Waals surface area contributed by atoms with E-state index in [1.807, 2.05) is 57.2 Å². The summed E-state index contributed by atoms with van der Waals surface area (Å²) in [6.45, 7) is 14.8. The van der Waals surface area contributed by atoms with Crippen molar-refractivity contribution in [2.75, 3.05) is 41.0 Å². The molecule has 32 heteroatoms. The average Bonchev–Trinajstić information content (AvgIpc) is 1.56. The monoisotopic (exact) mass is 2080 g/mol. The number of carbonyl (C=O) groups excluding carboxylic acids is 9. The number of esters is 3. The maximum Gasteiger partial charge on any atom is 0.307 e. The molecule has 27 nitrogen and oxygen atoms in total. The molecule has 3 saturated heterocycles. The number of aromatic nitrogens is 6. The largest absolute Gasteiger partial charge is 0.540 e. The van der Waals surface area contributed by atoms with Gasteiger partial charge in [-0.1, -0.05) is 169 Å². The summed E-state index contributed by atoms with van der Waals surface area (Å²) in [5, 5.41) is 0. The smallest absolute Gasteiger partial charge is 0.307 e. The Morgan fingerprint density at radius 3 is 1.17 bits per heavy atom. The van der Waals surface area contributed by atoms with Crippen LogP contribution in [0.2, 0.25) is 0 Å². The Labute approximate surface area is 877 Å². The van der Waals surface area contributed by atoms with Crippen molar-refractivity contribution in [1.82, 2.24) is 44.6 Å². The van der Waals surface area contributed by atoms with E-state index >= 15 is 8.78 Å². The van der Waals surface area contributed by atoms with Crippen molar-refractivity contribution >= 4 is 87.6 Å². The molecule has 143 heavy (non-hydrogen) atoms. The molecule has 0 N–H and O–H groups in total. The van der Waals surface area contributed by atoms with Crippen LogP contribution in [0, 0.1) is 81.3 Å². The fourth-order valence-corrected chi connectivity index (χ4v) is 26.6. The van der Waals surface area contributed by atoms with Crippen molar-refractivity contribution in [3.63, 3.8) is 0 Å². The minimum atomic E-state index is -3.34. The van der Waals surface area contributed by atoms with Crippen molar-refractivity contribution in [1.29, 1.82) is 0 Å². The van der Waals surface area contributed by atoms with E-state index in [0.29, 0.717) is 114 Å². The molecular weight excluding hydrogens is 1940 g/mol. The van der Waals surface area contributed by atoms with E-state index in [9.17, 15) is 43.2 Å². The number of hydrogen-bond acceptors (Lipinski definition) is 24. The van der Waals surface area contributed by atoms with E-state index in [0.717, 1.165) is 202 Å². The summed E-state index contributed by atoms with van der Waals surface area (Å²) >= 11 is 0. The molecule has 20 atom stereocenters. The van der Waals surface area contributed by atoms with Gasteiger partial charge < -0.3 is 71.7 Å². The van der Waals surface area contributed by atoms with Gasteiger partial charge in [0.05, 0.1) is 111 Å². The number of benzene rings is 3. The summed E-state index contributed by atoms with van der Waals surface area (Å²) in [6.07, 6.45) is 37.0. The number of rotatable bonds is 12. The number of nitrogens with zero attached hydrogens (tertiary/aromatic N) is 9. The van der Waals surface area contributed by atoms with Gasteiger partial charge >= 0.3 is 17.9 Å². The van der Waals surface area contributed by atoms with Crippen molar-refractivity contribution in [3.8, 4) is 34.9 Å². The number of fused-ring (bicyclic) bond motifs is 17. The van der Waals surface area contributed by atoms with Crippen molar-refractivity contribution in [2.45, 2.75) is 372 Å². The predicted molar refractivity (Wildman–Crippen MR) is 520 cm³/mol. The van der Waals surface area contributed by atoms with Crippen LogP contribution in [0.4, 0.5) is 8.78 Å². The molecule has 7 saturated carbocycles. The van der Waals surface area contributed by atoms with Crippen LogP contribution in [0.5, 0.6) is 34.9 Å². The van der Waals surface area contributed by atoms with Crippen molar-refractivity contribution < 1.29 is 150 Å². The number of methoxy groups -OCH3 is 3. The number of amides is 3. The van der Waals surface area contributed by atoms with Crippen LogP contribution in [-0.2, 0) is 132 Å². The maximum atomic E-state index is 16.0. The van der Waals surface area contributed by atoms with Gasteiger partial charge in [-0.15, -0.1) is 0 Å². The van der Waals surface area contributed by atoms with E-state index in [2.05, 4.69) is 56.5 Å². The number of alkyl halides is 2. The number of carbonyl (C=O) groups is 6. The Bertz CT molecular complexity index is 5370. The molecule has 7 aliphatic carbocycles. The molecule has 10 fully saturated rings. The van der Waals surface area contributed by atoms with Gasteiger partial charge in [0.25, 0.3) is 5.92 Å². The van der Waals surface area contributed by atoms with Gasteiger partial charge in [0.1, 0.15) is 64.8 Å². The molecule has 6 bridgehead atoms. The van der Waals surface area contributed by atoms with Gasteiger partial charge in [0.15, 0.2) is 5.69 Å². The molecule has 3 amide bonds. The first-order valence-electron chi connectivity index (χ1n) is 53.1. The van der Waals surface area contributed by atoms with Crippen LogP contribution in [0.15, 0.2) is 54.6 Å². The fourth-order valence-electron chi connectivity index (χ4n) is 26.6. The second-order valence-corrected chi connectivity index (χ2v) is 44.3. The second kappa shape index (κ2) is 48.0. The first-order valence-corrected chi connectivity index (χ1v) is 53.1. The topological polar surface area (TPSA) is 324 Å². The molecular formula is C111H146F2N9O18V3-3. The van der Waals surface area contributed by atoms with E-state index in [1.54, 1.807) is 42.2 Å². The summed E-state index contributed by atoms with van der Waals surface area (Å²) in [4.78, 5) is 156. The third-order valence-corrected chi connectivity index (χ3v) is 35.4. The third kappa shape index (κ3) is 24.4. The van der Waals surface area contributed by atoms with E-state index in [1.165, 1.54) is 18.4 Å². The molecule has 0 spiro atoms. The first kappa shape index (κ1) is 111. The zero-order valence-electron chi connectivity index (χ0n) is 85.2. The van der Waals surface area contributed by atoms with E-state index < -0.39 is 95.1 Å². The molecule has 3 radical (unpaired) electrons.